The van der Waals surface area contributed by atoms with Gasteiger partial charge in [-0.05, 0) is 25.8 Å². The molecule has 9 nitrogen and oxygen atoms in total. The van der Waals surface area contributed by atoms with Gasteiger partial charge in [-0.3, -0.25) is 9.48 Å². The molecular weight excluding hydrogens is 382 g/mol. The van der Waals surface area contributed by atoms with E-state index in [4.69, 9.17) is 10.00 Å². The van der Waals surface area contributed by atoms with Crippen LogP contribution in [0.2, 0.25) is 0 Å². The van der Waals surface area contributed by atoms with E-state index >= 15 is 0 Å². The standard InChI is InChI=1S/C21H21N7O2/c1-14-18(15-9-19(30-2)21-16(10-23)11-24-27(21)13-15)12-25-28(14)17-4-7-26(8-5-17)20(29)3-6-22/h9,11-13,17H,3-5,7-8H2,1-2H3. The summed E-state index contributed by atoms with van der Waals surface area (Å²) in [5.74, 6) is 0.475. The molecule has 1 aliphatic rings. The quantitative estimate of drug-likeness (QED) is 0.661. The normalized spacial score (nSPS) is 14.5. The van der Waals surface area contributed by atoms with Crippen LogP contribution >= 0.6 is 0 Å². The maximum Gasteiger partial charge on any atom is 0.236 e. The zero-order valence-corrected chi connectivity index (χ0v) is 16.9. The largest absolute Gasteiger partial charge is 0.494 e. The Labute approximate surface area is 173 Å². The Morgan fingerprint density at radius 3 is 2.70 bits per heavy atom. The summed E-state index contributed by atoms with van der Waals surface area (Å²) in [7, 11) is 1.57. The molecule has 1 amide bonds. The molecule has 3 aromatic rings. The molecule has 4 heterocycles. The summed E-state index contributed by atoms with van der Waals surface area (Å²) >= 11 is 0. The first-order valence-electron chi connectivity index (χ1n) is 9.72. The van der Waals surface area contributed by atoms with Crippen molar-refractivity contribution < 1.29 is 9.53 Å². The Balaban J connectivity index is 1.61. The number of carbonyl (C=O) groups excluding carboxylic acids is 1. The molecule has 152 valence electrons. The van der Waals surface area contributed by atoms with Crippen LogP contribution in [0.25, 0.3) is 16.6 Å². The highest BCUT2D eigenvalue weighted by Crippen LogP contribution is 2.33. The highest BCUT2D eigenvalue weighted by Gasteiger charge is 2.26. The summed E-state index contributed by atoms with van der Waals surface area (Å²) in [5.41, 5.74) is 3.99. The predicted octanol–water partition coefficient (Wildman–Crippen LogP) is 2.46. The van der Waals surface area contributed by atoms with Gasteiger partial charge in [0, 0.05) is 36.1 Å². The predicted molar refractivity (Wildman–Crippen MR) is 107 cm³/mol. The van der Waals surface area contributed by atoms with E-state index in [0.29, 0.717) is 29.9 Å². The fourth-order valence-electron chi connectivity index (χ4n) is 4.08. The first-order chi connectivity index (χ1) is 14.6. The molecule has 1 saturated heterocycles. The summed E-state index contributed by atoms with van der Waals surface area (Å²) in [6.45, 7) is 3.28. The number of amides is 1. The van der Waals surface area contributed by atoms with Gasteiger partial charge in [0.15, 0.2) is 0 Å². The van der Waals surface area contributed by atoms with Crippen LogP contribution in [0.15, 0.2) is 24.7 Å². The van der Waals surface area contributed by atoms with Crippen molar-refractivity contribution in [2.24, 2.45) is 0 Å². The second-order valence-electron chi connectivity index (χ2n) is 7.30. The Morgan fingerprint density at radius 2 is 2.03 bits per heavy atom. The van der Waals surface area contributed by atoms with Crippen LogP contribution in [-0.4, -0.2) is 50.4 Å². The third kappa shape index (κ3) is 3.25. The second kappa shape index (κ2) is 7.88. The lowest BCUT2D eigenvalue weighted by molar-refractivity contribution is -0.131. The third-order valence-electron chi connectivity index (χ3n) is 5.67. The molecule has 0 bridgehead atoms. The van der Waals surface area contributed by atoms with Crippen molar-refractivity contribution in [3.8, 4) is 29.0 Å². The Morgan fingerprint density at radius 1 is 1.27 bits per heavy atom. The van der Waals surface area contributed by atoms with Gasteiger partial charge in [0.05, 0.1) is 31.6 Å². The van der Waals surface area contributed by atoms with E-state index in [1.807, 2.05) is 36.1 Å². The highest BCUT2D eigenvalue weighted by atomic mass is 16.5. The van der Waals surface area contributed by atoms with E-state index in [0.717, 1.165) is 29.7 Å². The van der Waals surface area contributed by atoms with Gasteiger partial charge in [-0.15, -0.1) is 0 Å². The van der Waals surface area contributed by atoms with Gasteiger partial charge in [0.25, 0.3) is 0 Å². The summed E-state index contributed by atoms with van der Waals surface area (Å²) in [6, 6.07) is 6.16. The summed E-state index contributed by atoms with van der Waals surface area (Å²) in [4.78, 5) is 13.7. The molecule has 0 aromatic carbocycles. The molecule has 1 aliphatic heterocycles. The minimum Gasteiger partial charge on any atom is -0.494 e. The maximum absolute atomic E-state index is 11.9. The van der Waals surface area contributed by atoms with E-state index in [-0.39, 0.29) is 18.4 Å². The molecule has 9 heteroatoms. The van der Waals surface area contributed by atoms with Crippen LogP contribution < -0.4 is 4.74 Å². The zero-order chi connectivity index (χ0) is 21.3. The summed E-state index contributed by atoms with van der Waals surface area (Å²) in [5, 5.41) is 26.9. The van der Waals surface area contributed by atoms with Gasteiger partial charge < -0.3 is 9.64 Å². The van der Waals surface area contributed by atoms with Gasteiger partial charge in [-0.1, -0.05) is 0 Å². The fourth-order valence-corrected chi connectivity index (χ4v) is 4.08. The number of fused-ring (bicyclic) bond motifs is 1. The molecule has 0 unspecified atom stereocenters. The van der Waals surface area contributed by atoms with Gasteiger partial charge in [0.1, 0.15) is 29.3 Å². The molecule has 0 spiro atoms. The molecule has 0 saturated carbocycles. The van der Waals surface area contributed by atoms with Crippen LogP contribution in [0.4, 0.5) is 0 Å². The number of pyridine rings is 1. The monoisotopic (exact) mass is 403 g/mol. The topological polar surface area (TPSA) is 112 Å². The van der Waals surface area contributed by atoms with Crippen molar-refractivity contribution in [2.75, 3.05) is 20.2 Å². The average Bonchev–Trinajstić information content (AvgIpc) is 3.36. The van der Waals surface area contributed by atoms with Crippen molar-refractivity contribution in [3.05, 3.63) is 35.9 Å². The molecule has 4 rings (SSSR count). The lowest BCUT2D eigenvalue weighted by Crippen LogP contribution is -2.39. The number of aromatic nitrogens is 4. The Kier molecular flexibility index (Phi) is 5.11. The molecule has 0 radical (unpaired) electrons. The summed E-state index contributed by atoms with van der Waals surface area (Å²) < 4.78 is 9.18. The van der Waals surface area contributed by atoms with Crippen LogP contribution in [0.3, 0.4) is 0 Å². The van der Waals surface area contributed by atoms with Crippen LogP contribution in [-0.2, 0) is 4.79 Å². The molecule has 3 aromatic heterocycles. The lowest BCUT2D eigenvalue weighted by Gasteiger charge is -2.32. The number of nitriles is 2. The fraction of sp³-hybridized carbons (Fsp3) is 0.381. The molecular formula is C21H21N7O2. The number of nitrogens with zero attached hydrogens (tertiary/aromatic N) is 7. The number of hydrogen-bond donors (Lipinski definition) is 0. The molecule has 30 heavy (non-hydrogen) atoms. The highest BCUT2D eigenvalue weighted by molar-refractivity contribution is 5.78. The van der Waals surface area contributed by atoms with Crippen molar-refractivity contribution in [2.45, 2.75) is 32.2 Å². The number of rotatable bonds is 4. The number of piperidine rings is 1. The maximum atomic E-state index is 11.9. The number of ether oxygens (including phenoxy) is 1. The van der Waals surface area contributed by atoms with Crippen molar-refractivity contribution in [1.29, 1.82) is 10.5 Å². The van der Waals surface area contributed by atoms with Gasteiger partial charge >= 0.3 is 0 Å². The Hall–Kier alpha value is -3.85. The van der Waals surface area contributed by atoms with Gasteiger partial charge in [-0.25, -0.2) is 4.52 Å². The van der Waals surface area contributed by atoms with Crippen LogP contribution in [0.5, 0.6) is 5.75 Å². The molecule has 0 N–H and O–H groups in total. The number of methoxy groups -OCH3 is 1. The smallest absolute Gasteiger partial charge is 0.236 e. The van der Waals surface area contributed by atoms with Crippen LogP contribution in [0, 0.1) is 29.6 Å². The van der Waals surface area contributed by atoms with E-state index < -0.39 is 0 Å². The minimum absolute atomic E-state index is 0.0686. The van der Waals surface area contributed by atoms with E-state index in [2.05, 4.69) is 16.3 Å². The van der Waals surface area contributed by atoms with Crippen molar-refractivity contribution in [1.82, 2.24) is 24.3 Å². The van der Waals surface area contributed by atoms with Crippen LogP contribution in [0.1, 0.15) is 36.6 Å². The van der Waals surface area contributed by atoms with E-state index in [1.54, 1.807) is 16.5 Å². The van der Waals surface area contributed by atoms with E-state index in [1.165, 1.54) is 6.20 Å². The first kappa shape index (κ1) is 19.5. The number of hydrogen-bond acceptors (Lipinski definition) is 6. The molecule has 0 aliphatic carbocycles. The molecule has 0 atom stereocenters. The summed E-state index contributed by atoms with van der Waals surface area (Å²) in [6.07, 6.45) is 6.76. The van der Waals surface area contributed by atoms with E-state index in [9.17, 15) is 10.1 Å². The number of carbonyl (C=O) groups is 1. The third-order valence-corrected chi connectivity index (χ3v) is 5.67. The molecule has 1 fully saturated rings. The number of likely N-dealkylation sites (tertiary alicyclic amines) is 1. The minimum atomic E-state index is -0.106. The Bertz CT molecular complexity index is 1190. The second-order valence-corrected chi connectivity index (χ2v) is 7.30. The van der Waals surface area contributed by atoms with Gasteiger partial charge in [-0.2, -0.15) is 20.7 Å². The SMILES string of the molecule is COc1cc(-c2cnn(C3CCN(C(=O)CC#N)CC3)c2C)cn2ncc(C#N)c12. The first-order valence-corrected chi connectivity index (χ1v) is 9.72. The average molecular weight is 403 g/mol. The zero-order valence-electron chi connectivity index (χ0n) is 16.9. The lowest BCUT2D eigenvalue weighted by atomic mass is 10.0. The van der Waals surface area contributed by atoms with Crippen molar-refractivity contribution in [3.63, 3.8) is 0 Å². The van der Waals surface area contributed by atoms with Crippen molar-refractivity contribution >= 4 is 11.4 Å². The van der Waals surface area contributed by atoms with Gasteiger partial charge in [0.2, 0.25) is 5.91 Å².